The van der Waals surface area contributed by atoms with Crippen molar-refractivity contribution in [1.82, 2.24) is 10.4 Å². The van der Waals surface area contributed by atoms with Crippen LogP contribution in [0.5, 0.6) is 0 Å². The smallest absolute Gasteiger partial charge is 0.246 e. The van der Waals surface area contributed by atoms with Crippen LogP contribution in [0.2, 0.25) is 0 Å². The van der Waals surface area contributed by atoms with Crippen molar-refractivity contribution in [2.75, 3.05) is 0 Å². The van der Waals surface area contributed by atoms with Gasteiger partial charge in [-0.15, -0.1) is 11.3 Å². The molecule has 0 bridgehead atoms. The number of thiazole rings is 1. The van der Waals surface area contributed by atoms with Crippen molar-refractivity contribution < 1.29 is 4.79 Å². The number of rotatable bonds is 3. The SMILES string of the molecule is CC1=C/C(=N/NC(=O)Cc2nc(C)cs2)CC1. The van der Waals surface area contributed by atoms with Gasteiger partial charge in [-0.1, -0.05) is 5.57 Å². The van der Waals surface area contributed by atoms with Gasteiger partial charge in [0, 0.05) is 11.1 Å². The van der Waals surface area contributed by atoms with Crippen molar-refractivity contribution in [2.45, 2.75) is 33.1 Å². The van der Waals surface area contributed by atoms with Crippen LogP contribution in [-0.4, -0.2) is 16.6 Å². The summed E-state index contributed by atoms with van der Waals surface area (Å²) in [5, 5.41) is 6.87. The number of carbonyl (C=O) groups excluding carboxylic acids is 1. The largest absolute Gasteiger partial charge is 0.273 e. The lowest BCUT2D eigenvalue weighted by Gasteiger charge is -1.98. The molecule has 17 heavy (non-hydrogen) atoms. The van der Waals surface area contributed by atoms with Gasteiger partial charge < -0.3 is 0 Å². The van der Waals surface area contributed by atoms with Crippen LogP contribution in [0.25, 0.3) is 0 Å². The Morgan fingerprint density at radius 1 is 1.53 bits per heavy atom. The fourth-order valence-corrected chi connectivity index (χ4v) is 2.41. The van der Waals surface area contributed by atoms with Gasteiger partial charge in [0.25, 0.3) is 0 Å². The van der Waals surface area contributed by atoms with Crippen LogP contribution in [0.1, 0.15) is 30.5 Å². The normalized spacial score (nSPS) is 17.3. The molecule has 1 amide bonds. The number of carbonyl (C=O) groups is 1. The quantitative estimate of drug-likeness (QED) is 0.835. The summed E-state index contributed by atoms with van der Waals surface area (Å²) < 4.78 is 0. The molecule has 1 N–H and O–H groups in total. The van der Waals surface area contributed by atoms with Crippen LogP contribution < -0.4 is 5.43 Å². The third-order valence-electron chi connectivity index (χ3n) is 2.49. The predicted molar refractivity (Wildman–Crippen MR) is 69.1 cm³/mol. The number of nitrogens with one attached hydrogen (secondary N) is 1. The molecule has 0 radical (unpaired) electrons. The third kappa shape index (κ3) is 3.49. The fraction of sp³-hybridized carbons (Fsp3) is 0.417. The molecule has 1 aliphatic carbocycles. The maximum atomic E-state index is 11.6. The standard InChI is InChI=1S/C12H15N3OS/c1-8-3-4-10(5-8)14-15-11(16)6-12-13-9(2)7-17-12/h5,7H,3-4,6H2,1-2H3,(H,15,16)/b14-10+. The van der Waals surface area contributed by atoms with Crippen molar-refractivity contribution in [1.29, 1.82) is 0 Å². The number of hydrogen-bond acceptors (Lipinski definition) is 4. The number of hydrazone groups is 1. The molecular weight excluding hydrogens is 234 g/mol. The second kappa shape index (κ2) is 5.23. The first kappa shape index (κ1) is 12.0. The Morgan fingerprint density at radius 3 is 2.94 bits per heavy atom. The van der Waals surface area contributed by atoms with Gasteiger partial charge in [0.15, 0.2) is 0 Å². The topological polar surface area (TPSA) is 54.4 Å². The van der Waals surface area contributed by atoms with Crippen LogP contribution in [0.15, 0.2) is 22.1 Å². The van der Waals surface area contributed by atoms with Gasteiger partial charge in [0.2, 0.25) is 5.91 Å². The van der Waals surface area contributed by atoms with Gasteiger partial charge in [-0.25, -0.2) is 10.4 Å². The lowest BCUT2D eigenvalue weighted by molar-refractivity contribution is -0.120. The zero-order valence-electron chi connectivity index (χ0n) is 9.99. The summed E-state index contributed by atoms with van der Waals surface area (Å²) in [6.07, 6.45) is 4.29. The summed E-state index contributed by atoms with van der Waals surface area (Å²) in [6.45, 7) is 3.99. The van der Waals surface area contributed by atoms with Crippen molar-refractivity contribution in [2.24, 2.45) is 5.10 Å². The summed E-state index contributed by atoms with van der Waals surface area (Å²) in [6, 6.07) is 0. The van der Waals surface area contributed by atoms with E-state index >= 15 is 0 Å². The molecule has 0 saturated heterocycles. The molecule has 0 saturated carbocycles. The number of aryl methyl sites for hydroxylation is 1. The first-order chi connectivity index (χ1) is 8.13. The Bertz CT molecular complexity index is 488. The molecule has 1 aromatic rings. The van der Waals surface area contributed by atoms with Gasteiger partial charge in [-0.3, -0.25) is 4.79 Å². The lowest BCUT2D eigenvalue weighted by atomic mass is 10.3. The third-order valence-corrected chi connectivity index (χ3v) is 3.46. The highest BCUT2D eigenvalue weighted by molar-refractivity contribution is 7.09. The highest BCUT2D eigenvalue weighted by Gasteiger charge is 2.09. The summed E-state index contributed by atoms with van der Waals surface area (Å²) >= 11 is 1.50. The first-order valence-electron chi connectivity index (χ1n) is 5.57. The van der Waals surface area contributed by atoms with Crippen LogP contribution in [0.4, 0.5) is 0 Å². The molecule has 2 rings (SSSR count). The van der Waals surface area contributed by atoms with Gasteiger partial charge >= 0.3 is 0 Å². The van der Waals surface area contributed by atoms with E-state index in [-0.39, 0.29) is 5.91 Å². The molecule has 0 aliphatic heterocycles. The Hall–Kier alpha value is -1.49. The van der Waals surface area contributed by atoms with E-state index < -0.39 is 0 Å². The second-order valence-electron chi connectivity index (χ2n) is 4.19. The van der Waals surface area contributed by atoms with Gasteiger partial charge in [-0.05, 0) is 32.8 Å². The van der Waals surface area contributed by atoms with E-state index in [1.54, 1.807) is 0 Å². The van der Waals surface area contributed by atoms with Crippen LogP contribution >= 0.6 is 11.3 Å². The number of hydrogen-bond donors (Lipinski definition) is 1. The van der Waals surface area contributed by atoms with E-state index in [1.807, 2.05) is 18.4 Å². The molecule has 90 valence electrons. The average Bonchev–Trinajstić information content (AvgIpc) is 2.85. The minimum Gasteiger partial charge on any atom is -0.273 e. The lowest BCUT2D eigenvalue weighted by Crippen LogP contribution is -2.20. The minimum atomic E-state index is -0.107. The Balaban J connectivity index is 1.86. The molecule has 1 aliphatic rings. The van der Waals surface area contributed by atoms with Crippen molar-refractivity contribution in [3.63, 3.8) is 0 Å². The number of amides is 1. The zero-order valence-corrected chi connectivity index (χ0v) is 10.8. The molecule has 5 heteroatoms. The fourth-order valence-electron chi connectivity index (χ4n) is 1.64. The monoisotopic (exact) mass is 249 g/mol. The Labute approximate surface area is 104 Å². The molecule has 0 spiro atoms. The number of allylic oxidation sites excluding steroid dienone is 2. The highest BCUT2D eigenvalue weighted by atomic mass is 32.1. The molecule has 0 unspecified atom stereocenters. The van der Waals surface area contributed by atoms with Crippen LogP contribution in [-0.2, 0) is 11.2 Å². The van der Waals surface area contributed by atoms with E-state index in [2.05, 4.69) is 22.4 Å². The van der Waals surface area contributed by atoms with Gasteiger partial charge in [0.1, 0.15) is 5.01 Å². The summed E-state index contributed by atoms with van der Waals surface area (Å²) in [7, 11) is 0. The second-order valence-corrected chi connectivity index (χ2v) is 5.13. The minimum absolute atomic E-state index is 0.107. The molecule has 0 atom stereocenters. The van der Waals surface area contributed by atoms with Gasteiger partial charge in [0.05, 0.1) is 12.1 Å². The maximum Gasteiger partial charge on any atom is 0.246 e. The van der Waals surface area contributed by atoms with Crippen molar-refractivity contribution in [3.05, 3.63) is 27.7 Å². The van der Waals surface area contributed by atoms with Crippen LogP contribution in [0.3, 0.4) is 0 Å². The zero-order chi connectivity index (χ0) is 12.3. The number of aromatic nitrogens is 1. The molecular formula is C12H15N3OS. The Morgan fingerprint density at radius 2 is 2.35 bits per heavy atom. The first-order valence-corrected chi connectivity index (χ1v) is 6.45. The van der Waals surface area contributed by atoms with Crippen molar-refractivity contribution >= 4 is 23.0 Å². The molecule has 1 aromatic heterocycles. The summed E-state index contributed by atoms with van der Waals surface area (Å²) in [5.41, 5.74) is 5.79. The summed E-state index contributed by atoms with van der Waals surface area (Å²) in [4.78, 5) is 15.8. The predicted octanol–water partition coefficient (Wildman–Crippen LogP) is 2.21. The van der Waals surface area contributed by atoms with E-state index in [4.69, 9.17) is 0 Å². The van der Waals surface area contributed by atoms with E-state index in [0.29, 0.717) is 6.42 Å². The molecule has 0 aromatic carbocycles. The van der Waals surface area contributed by atoms with E-state index in [0.717, 1.165) is 29.3 Å². The molecule has 4 nitrogen and oxygen atoms in total. The number of nitrogens with zero attached hydrogens (tertiary/aromatic N) is 2. The van der Waals surface area contributed by atoms with Crippen molar-refractivity contribution in [3.8, 4) is 0 Å². The highest BCUT2D eigenvalue weighted by Crippen LogP contribution is 2.14. The molecule has 1 heterocycles. The van der Waals surface area contributed by atoms with Crippen LogP contribution in [0, 0.1) is 6.92 Å². The average molecular weight is 249 g/mol. The van der Waals surface area contributed by atoms with E-state index in [9.17, 15) is 4.79 Å². The van der Waals surface area contributed by atoms with Gasteiger partial charge in [-0.2, -0.15) is 5.10 Å². The Kier molecular flexibility index (Phi) is 3.68. The molecule has 0 fully saturated rings. The summed E-state index contributed by atoms with van der Waals surface area (Å²) in [5.74, 6) is -0.107. The van der Waals surface area contributed by atoms with E-state index in [1.165, 1.54) is 16.9 Å². The maximum absolute atomic E-state index is 11.6.